The number of aliphatic hydroxyl groups is 1. The zero-order chi connectivity index (χ0) is 18.9. The first-order chi connectivity index (χ1) is 12.2. The lowest BCUT2D eigenvalue weighted by atomic mass is 9.88. The van der Waals surface area contributed by atoms with Crippen molar-refractivity contribution in [3.8, 4) is 0 Å². The topological polar surface area (TPSA) is 70.1 Å². The molecule has 2 fully saturated rings. The van der Waals surface area contributed by atoms with E-state index in [1.165, 1.54) is 12.1 Å². The van der Waals surface area contributed by atoms with Crippen LogP contribution in [0.1, 0.15) is 33.1 Å². The summed E-state index contributed by atoms with van der Waals surface area (Å²) in [5.41, 5.74) is -0.868. The van der Waals surface area contributed by atoms with Gasteiger partial charge in [0.15, 0.2) is 0 Å². The molecule has 2 aliphatic rings. The lowest BCUT2D eigenvalue weighted by Crippen LogP contribution is -2.59. The second-order valence-corrected chi connectivity index (χ2v) is 7.80. The standard InChI is InChI=1S/C19H25FN2O4/c1-18(2,25)11-16(23)21-9-7-19(8-10-21)13-22(17(24)12-26-19)15-5-3-14(20)4-6-15/h3-6,25H,7-13H2,1-2H3. The summed E-state index contributed by atoms with van der Waals surface area (Å²) < 4.78 is 19.0. The molecule has 3 rings (SSSR count). The highest BCUT2D eigenvalue weighted by Crippen LogP contribution is 2.33. The lowest BCUT2D eigenvalue weighted by molar-refractivity contribution is -0.152. The molecule has 0 aromatic heterocycles. The Balaban J connectivity index is 1.65. The summed E-state index contributed by atoms with van der Waals surface area (Å²) in [6, 6.07) is 5.85. The largest absolute Gasteiger partial charge is 0.390 e. The number of hydrogen-bond donors (Lipinski definition) is 1. The molecule has 26 heavy (non-hydrogen) atoms. The molecule has 0 bridgehead atoms. The van der Waals surface area contributed by atoms with Gasteiger partial charge in [-0.1, -0.05) is 0 Å². The van der Waals surface area contributed by atoms with Crippen molar-refractivity contribution in [1.29, 1.82) is 0 Å². The molecule has 1 spiro atoms. The van der Waals surface area contributed by atoms with Gasteiger partial charge in [-0.25, -0.2) is 4.39 Å². The number of benzene rings is 1. The van der Waals surface area contributed by atoms with Crippen LogP contribution < -0.4 is 4.90 Å². The van der Waals surface area contributed by atoms with Crippen LogP contribution in [0.25, 0.3) is 0 Å². The number of likely N-dealkylation sites (tertiary alicyclic amines) is 1. The van der Waals surface area contributed by atoms with Gasteiger partial charge in [-0.3, -0.25) is 9.59 Å². The van der Waals surface area contributed by atoms with E-state index < -0.39 is 11.2 Å². The van der Waals surface area contributed by atoms with Crippen LogP contribution in [0, 0.1) is 5.82 Å². The lowest BCUT2D eigenvalue weighted by Gasteiger charge is -2.47. The Morgan fingerprint density at radius 2 is 1.88 bits per heavy atom. The molecule has 2 aliphatic heterocycles. The number of nitrogens with zero attached hydrogens (tertiary/aromatic N) is 2. The second kappa shape index (κ2) is 6.96. The molecule has 2 amide bonds. The Morgan fingerprint density at radius 3 is 2.46 bits per heavy atom. The van der Waals surface area contributed by atoms with Gasteiger partial charge in [0.25, 0.3) is 5.91 Å². The summed E-state index contributed by atoms with van der Waals surface area (Å²) in [7, 11) is 0. The van der Waals surface area contributed by atoms with E-state index in [-0.39, 0.29) is 30.7 Å². The van der Waals surface area contributed by atoms with Crippen molar-refractivity contribution >= 4 is 17.5 Å². The normalized spacial score (nSPS) is 20.5. The first kappa shape index (κ1) is 18.8. The summed E-state index contributed by atoms with van der Waals surface area (Å²) in [6.07, 6.45) is 1.33. The SMILES string of the molecule is CC(C)(O)CC(=O)N1CCC2(CC1)CN(c1ccc(F)cc1)C(=O)CO2. The maximum Gasteiger partial charge on any atom is 0.253 e. The van der Waals surface area contributed by atoms with Crippen LogP contribution in [0.5, 0.6) is 0 Å². The van der Waals surface area contributed by atoms with Crippen LogP contribution in [0.15, 0.2) is 24.3 Å². The Morgan fingerprint density at radius 1 is 1.27 bits per heavy atom. The molecule has 2 heterocycles. The average molecular weight is 364 g/mol. The molecule has 0 unspecified atom stereocenters. The van der Waals surface area contributed by atoms with Crippen molar-refractivity contribution in [3.63, 3.8) is 0 Å². The number of amides is 2. The third-order valence-corrected chi connectivity index (χ3v) is 5.00. The van der Waals surface area contributed by atoms with Gasteiger partial charge in [-0.05, 0) is 51.0 Å². The average Bonchev–Trinajstić information content (AvgIpc) is 2.57. The van der Waals surface area contributed by atoms with Crippen molar-refractivity contribution < 1.29 is 23.8 Å². The quantitative estimate of drug-likeness (QED) is 0.887. The molecule has 2 saturated heterocycles. The fourth-order valence-corrected chi connectivity index (χ4v) is 3.52. The Bertz CT molecular complexity index is 676. The van der Waals surface area contributed by atoms with Crippen LogP contribution in [-0.2, 0) is 14.3 Å². The van der Waals surface area contributed by atoms with E-state index in [1.54, 1.807) is 35.8 Å². The number of carbonyl (C=O) groups is 2. The van der Waals surface area contributed by atoms with Crippen LogP contribution >= 0.6 is 0 Å². The number of carbonyl (C=O) groups excluding carboxylic acids is 2. The fourth-order valence-electron chi connectivity index (χ4n) is 3.52. The molecule has 1 aromatic rings. The maximum atomic E-state index is 13.2. The highest BCUT2D eigenvalue weighted by molar-refractivity contribution is 5.95. The van der Waals surface area contributed by atoms with Crippen molar-refractivity contribution in [2.24, 2.45) is 0 Å². The van der Waals surface area contributed by atoms with Crippen LogP contribution in [-0.4, -0.2) is 59.3 Å². The first-order valence-corrected chi connectivity index (χ1v) is 8.88. The van der Waals surface area contributed by atoms with E-state index in [9.17, 15) is 19.1 Å². The number of anilines is 1. The highest BCUT2D eigenvalue weighted by Gasteiger charge is 2.43. The number of morpholine rings is 1. The van der Waals surface area contributed by atoms with Crippen LogP contribution in [0.4, 0.5) is 10.1 Å². The van der Waals surface area contributed by atoms with E-state index >= 15 is 0 Å². The molecule has 7 heteroatoms. The van der Waals surface area contributed by atoms with Gasteiger partial charge < -0.3 is 19.6 Å². The Hall–Kier alpha value is -1.99. The predicted octanol–water partition coefficient (Wildman–Crippen LogP) is 1.71. The third-order valence-electron chi connectivity index (χ3n) is 5.00. The van der Waals surface area contributed by atoms with E-state index in [1.807, 2.05) is 0 Å². The molecular formula is C19H25FN2O4. The summed E-state index contributed by atoms with van der Waals surface area (Å²) >= 11 is 0. The molecule has 1 N–H and O–H groups in total. The van der Waals surface area contributed by atoms with Gasteiger partial charge in [-0.2, -0.15) is 0 Å². The Labute approximate surface area is 152 Å². The van der Waals surface area contributed by atoms with Gasteiger partial charge in [-0.15, -0.1) is 0 Å². The minimum atomic E-state index is -1.03. The number of halogens is 1. The molecule has 1 aromatic carbocycles. The third kappa shape index (κ3) is 4.22. The molecule has 0 radical (unpaired) electrons. The number of rotatable bonds is 3. The van der Waals surface area contributed by atoms with Gasteiger partial charge in [0, 0.05) is 18.8 Å². The molecule has 0 saturated carbocycles. The second-order valence-electron chi connectivity index (χ2n) is 7.80. The van der Waals surface area contributed by atoms with Crippen molar-refractivity contribution in [1.82, 2.24) is 4.90 Å². The maximum absolute atomic E-state index is 13.2. The molecule has 6 nitrogen and oxygen atoms in total. The van der Waals surface area contributed by atoms with Gasteiger partial charge in [0.2, 0.25) is 5.91 Å². The van der Waals surface area contributed by atoms with E-state index in [0.717, 1.165) is 0 Å². The molecular weight excluding hydrogens is 339 g/mol. The van der Waals surface area contributed by atoms with E-state index in [0.29, 0.717) is 38.2 Å². The van der Waals surface area contributed by atoms with Crippen molar-refractivity contribution in [2.75, 3.05) is 31.1 Å². The van der Waals surface area contributed by atoms with Gasteiger partial charge in [0.05, 0.1) is 24.2 Å². The highest BCUT2D eigenvalue weighted by atomic mass is 19.1. The summed E-state index contributed by atoms with van der Waals surface area (Å²) in [4.78, 5) is 27.9. The van der Waals surface area contributed by atoms with Crippen LogP contribution in [0.2, 0.25) is 0 Å². The smallest absolute Gasteiger partial charge is 0.253 e. The van der Waals surface area contributed by atoms with Crippen molar-refractivity contribution in [2.45, 2.75) is 44.3 Å². The van der Waals surface area contributed by atoms with Gasteiger partial charge in [0.1, 0.15) is 12.4 Å². The summed E-state index contributed by atoms with van der Waals surface area (Å²) in [5.74, 6) is -0.569. The molecule has 142 valence electrons. The fraction of sp³-hybridized carbons (Fsp3) is 0.579. The Kier molecular flexibility index (Phi) is 5.03. The summed E-state index contributed by atoms with van der Waals surface area (Å²) in [5, 5.41) is 9.83. The number of piperidine rings is 1. The predicted molar refractivity (Wildman–Crippen MR) is 94.2 cm³/mol. The van der Waals surface area contributed by atoms with Gasteiger partial charge >= 0.3 is 0 Å². The monoisotopic (exact) mass is 364 g/mol. The van der Waals surface area contributed by atoms with E-state index in [4.69, 9.17) is 4.74 Å². The summed E-state index contributed by atoms with van der Waals surface area (Å²) in [6.45, 7) is 4.67. The minimum absolute atomic E-state index is 0.0189. The zero-order valence-corrected chi connectivity index (χ0v) is 15.2. The first-order valence-electron chi connectivity index (χ1n) is 8.88. The number of ether oxygens (including phenoxy) is 1. The number of hydrogen-bond acceptors (Lipinski definition) is 4. The minimum Gasteiger partial charge on any atom is -0.390 e. The van der Waals surface area contributed by atoms with E-state index in [2.05, 4.69) is 0 Å². The van der Waals surface area contributed by atoms with Crippen LogP contribution in [0.3, 0.4) is 0 Å². The molecule has 0 atom stereocenters. The zero-order valence-electron chi connectivity index (χ0n) is 15.2. The van der Waals surface area contributed by atoms with Crippen molar-refractivity contribution in [3.05, 3.63) is 30.1 Å². The molecule has 0 aliphatic carbocycles.